The van der Waals surface area contributed by atoms with E-state index in [1.807, 2.05) is 42.5 Å². The maximum Gasteiger partial charge on any atom is 0.157 e. The zero-order valence-corrected chi connectivity index (χ0v) is 20.0. The van der Waals surface area contributed by atoms with Crippen LogP contribution in [0.15, 0.2) is 54.6 Å². The highest BCUT2D eigenvalue weighted by molar-refractivity contribution is 6.32. The second kappa shape index (κ2) is 10.5. The summed E-state index contributed by atoms with van der Waals surface area (Å²) in [5, 5.41) is 27.4. The summed E-state index contributed by atoms with van der Waals surface area (Å²) in [5.41, 5.74) is 2.45. The molecule has 0 aliphatic heterocycles. The molecule has 7 nitrogen and oxygen atoms in total. The fourth-order valence-corrected chi connectivity index (χ4v) is 4.06. The van der Waals surface area contributed by atoms with Gasteiger partial charge >= 0.3 is 0 Å². The van der Waals surface area contributed by atoms with Crippen molar-refractivity contribution in [2.75, 3.05) is 24.9 Å². The molecule has 0 radical (unpaired) electrons. The average molecular weight is 494 g/mol. The fourth-order valence-electron chi connectivity index (χ4n) is 3.50. The van der Waals surface area contributed by atoms with Crippen LogP contribution in [0.5, 0.6) is 11.5 Å². The maximum atomic E-state index is 9.39. The van der Waals surface area contributed by atoms with E-state index in [1.165, 1.54) is 0 Å². The lowest BCUT2D eigenvalue weighted by Crippen LogP contribution is -2.07. The predicted octanol–water partition coefficient (Wildman–Crippen LogP) is 6.05. The van der Waals surface area contributed by atoms with Crippen LogP contribution in [0.3, 0.4) is 0 Å². The van der Waals surface area contributed by atoms with Gasteiger partial charge in [-0.15, -0.1) is 10.2 Å². The number of rotatable bonds is 8. The largest absolute Gasteiger partial charge is 0.495 e. The highest BCUT2D eigenvalue weighted by Gasteiger charge is 2.12. The first-order valence-corrected chi connectivity index (χ1v) is 11.1. The number of nitriles is 1. The summed E-state index contributed by atoms with van der Waals surface area (Å²) in [6.45, 7) is 0.964. The van der Waals surface area contributed by atoms with Gasteiger partial charge in [0.25, 0.3) is 0 Å². The molecule has 0 unspecified atom stereocenters. The van der Waals surface area contributed by atoms with Crippen molar-refractivity contribution in [2.45, 2.75) is 13.1 Å². The normalized spacial score (nSPS) is 10.6. The van der Waals surface area contributed by atoms with Crippen molar-refractivity contribution < 1.29 is 9.47 Å². The summed E-state index contributed by atoms with van der Waals surface area (Å²) in [6, 6.07) is 18.7. The molecule has 0 atom stereocenters. The molecule has 0 bridgehead atoms. The topological polar surface area (TPSA) is 92.1 Å². The number of hydrogen-bond acceptors (Lipinski definition) is 7. The van der Waals surface area contributed by atoms with Gasteiger partial charge in [-0.2, -0.15) is 5.26 Å². The van der Waals surface area contributed by atoms with Crippen LogP contribution in [0.2, 0.25) is 10.0 Å². The van der Waals surface area contributed by atoms with E-state index in [2.05, 4.69) is 26.9 Å². The van der Waals surface area contributed by atoms with Gasteiger partial charge in [-0.1, -0.05) is 35.3 Å². The Morgan fingerprint density at radius 2 is 1.29 bits per heavy atom. The number of nitrogens with zero attached hydrogens (tertiary/aromatic N) is 3. The van der Waals surface area contributed by atoms with Crippen LogP contribution in [0.1, 0.15) is 16.7 Å². The second-order valence-corrected chi connectivity index (χ2v) is 8.23. The predicted molar refractivity (Wildman–Crippen MR) is 135 cm³/mol. The Labute approximate surface area is 207 Å². The smallest absolute Gasteiger partial charge is 0.157 e. The summed E-state index contributed by atoms with van der Waals surface area (Å²) in [5.74, 6) is 2.40. The van der Waals surface area contributed by atoms with Gasteiger partial charge in [0.1, 0.15) is 11.5 Å². The number of halogens is 2. The van der Waals surface area contributed by atoms with Crippen LogP contribution in [0.25, 0.3) is 10.8 Å². The molecular weight excluding hydrogens is 473 g/mol. The Bertz CT molecular complexity index is 1390. The van der Waals surface area contributed by atoms with E-state index in [4.69, 9.17) is 32.7 Å². The Balaban J connectivity index is 1.59. The lowest BCUT2D eigenvalue weighted by atomic mass is 10.1. The van der Waals surface area contributed by atoms with Crippen molar-refractivity contribution in [3.8, 4) is 17.6 Å². The molecule has 3 aromatic carbocycles. The Kier molecular flexibility index (Phi) is 7.21. The van der Waals surface area contributed by atoms with Crippen molar-refractivity contribution in [3.05, 3.63) is 81.3 Å². The van der Waals surface area contributed by atoms with Crippen molar-refractivity contribution in [3.63, 3.8) is 0 Å². The summed E-state index contributed by atoms with van der Waals surface area (Å²) in [4.78, 5) is 0. The quantitative estimate of drug-likeness (QED) is 0.308. The van der Waals surface area contributed by atoms with Crippen molar-refractivity contribution >= 4 is 45.6 Å². The minimum absolute atomic E-state index is 0.474. The van der Waals surface area contributed by atoms with Crippen LogP contribution in [0.4, 0.5) is 11.6 Å². The third-order valence-electron chi connectivity index (χ3n) is 5.26. The molecule has 0 spiro atoms. The van der Waals surface area contributed by atoms with Crippen LogP contribution in [-0.4, -0.2) is 24.4 Å². The Hall–Kier alpha value is -3.73. The third-order valence-corrected chi connectivity index (χ3v) is 5.85. The zero-order valence-electron chi connectivity index (χ0n) is 18.5. The van der Waals surface area contributed by atoms with E-state index < -0.39 is 0 Å². The van der Waals surface area contributed by atoms with Gasteiger partial charge in [0.2, 0.25) is 0 Å². The first kappa shape index (κ1) is 23.4. The highest BCUT2D eigenvalue weighted by Crippen LogP contribution is 2.30. The minimum atomic E-state index is 0.474. The van der Waals surface area contributed by atoms with Crippen molar-refractivity contribution in [2.24, 2.45) is 0 Å². The highest BCUT2D eigenvalue weighted by atomic mass is 35.5. The summed E-state index contributed by atoms with van der Waals surface area (Å²) >= 11 is 12.5. The summed E-state index contributed by atoms with van der Waals surface area (Å²) in [7, 11) is 3.15. The zero-order chi connectivity index (χ0) is 24.1. The second-order valence-electron chi connectivity index (χ2n) is 7.41. The van der Waals surface area contributed by atoms with E-state index >= 15 is 0 Å². The van der Waals surface area contributed by atoms with Crippen LogP contribution in [-0.2, 0) is 13.1 Å². The molecule has 1 heterocycles. The molecule has 2 N–H and O–H groups in total. The minimum Gasteiger partial charge on any atom is -0.495 e. The molecule has 0 aliphatic carbocycles. The van der Waals surface area contributed by atoms with Crippen LogP contribution < -0.4 is 20.1 Å². The molecule has 34 heavy (non-hydrogen) atoms. The molecule has 4 aromatic rings. The number of benzene rings is 3. The SMILES string of the molecule is COc1ccc(CNc2nnc(NCc3ccc(OC)c(Cl)c3)c3cc(C#N)ccc23)cc1Cl. The van der Waals surface area contributed by atoms with Gasteiger partial charge in [-0.25, -0.2) is 0 Å². The fraction of sp³-hybridized carbons (Fsp3) is 0.160. The number of nitrogens with one attached hydrogen (secondary N) is 2. The monoisotopic (exact) mass is 493 g/mol. The lowest BCUT2D eigenvalue weighted by molar-refractivity contribution is 0.415. The van der Waals surface area contributed by atoms with E-state index in [9.17, 15) is 5.26 Å². The Morgan fingerprint density at radius 3 is 1.76 bits per heavy atom. The summed E-state index contributed by atoms with van der Waals surface area (Å²) in [6.07, 6.45) is 0. The molecule has 0 saturated heterocycles. The molecule has 0 amide bonds. The molecule has 0 saturated carbocycles. The first-order valence-electron chi connectivity index (χ1n) is 10.4. The van der Waals surface area contributed by atoms with E-state index in [0.717, 1.165) is 21.9 Å². The maximum absolute atomic E-state index is 9.39. The van der Waals surface area contributed by atoms with E-state index in [-0.39, 0.29) is 0 Å². The molecular formula is C25H21Cl2N5O2. The first-order chi connectivity index (χ1) is 16.5. The number of ether oxygens (including phenoxy) is 2. The molecule has 4 rings (SSSR count). The van der Waals surface area contributed by atoms with Crippen LogP contribution >= 0.6 is 23.2 Å². The summed E-state index contributed by atoms with van der Waals surface area (Å²) < 4.78 is 10.4. The van der Waals surface area contributed by atoms with Gasteiger partial charge in [0.15, 0.2) is 11.6 Å². The van der Waals surface area contributed by atoms with Crippen molar-refractivity contribution in [1.29, 1.82) is 5.26 Å². The third kappa shape index (κ3) is 5.09. The van der Waals surface area contributed by atoms with Gasteiger partial charge < -0.3 is 20.1 Å². The number of fused-ring (bicyclic) bond motifs is 1. The number of aromatic nitrogens is 2. The molecule has 0 fully saturated rings. The Morgan fingerprint density at radius 1 is 0.765 bits per heavy atom. The van der Waals surface area contributed by atoms with Gasteiger partial charge in [-0.05, 0) is 53.6 Å². The van der Waals surface area contributed by atoms with Gasteiger partial charge in [0, 0.05) is 23.9 Å². The molecule has 9 heteroatoms. The van der Waals surface area contributed by atoms with E-state index in [1.54, 1.807) is 26.4 Å². The lowest BCUT2D eigenvalue weighted by Gasteiger charge is -2.13. The van der Waals surface area contributed by atoms with Crippen LogP contribution in [0, 0.1) is 11.3 Å². The van der Waals surface area contributed by atoms with Gasteiger partial charge in [0.05, 0.1) is 35.9 Å². The molecule has 1 aromatic heterocycles. The number of methoxy groups -OCH3 is 2. The number of anilines is 2. The standard InChI is InChI=1S/C25H21Cl2N5O2/c1-33-22-7-4-16(10-20(22)26)13-29-24-18-6-3-15(12-28)9-19(18)25(32-31-24)30-14-17-5-8-23(34-2)21(27)11-17/h3-11H,13-14H2,1-2H3,(H,29,31)(H,30,32). The van der Waals surface area contributed by atoms with Crippen molar-refractivity contribution in [1.82, 2.24) is 10.2 Å². The molecule has 172 valence electrons. The van der Waals surface area contributed by atoms with Gasteiger partial charge in [-0.3, -0.25) is 0 Å². The number of hydrogen-bond donors (Lipinski definition) is 2. The molecule has 0 aliphatic rings. The van der Waals surface area contributed by atoms with E-state index in [0.29, 0.717) is 51.8 Å². The average Bonchev–Trinajstić information content (AvgIpc) is 2.86.